The molecule has 0 aliphatic carbocycles. The van der Waals surface area contributed by atoms with Crippen molar-refractivity contribution in [2.75, 3.05) is 25.4 Å². The van der Waals surface area contributed by atoms with Gasteiger partial charge in [0.25, 0.3) is 0 Å². The Morgan fingerprint density at radius 1 is 1.06 bits per heavy atom. The highest BCUT2D eigenvalue weighted by Crippen LogP contribution is 2.28. The summed E-state index contributed by atoms with van der Waals surface area (Å²) in [7, 11) is -3.58. The minimum absolute atomic E-state index is 0.124. The fourth-order valence-electron chi connectivity index (χ4n) is 3.58. The molecule has 180 valence electrons. The molecule has 0 bridgehead atoms. The van der Waals surface area contributed by atoms with E-state index in [1.807, 2.05) is 0 Å². The molecular weight excluding hydrogens is 546 g/mol. The van der Waals surface area contributed by atoms with Crippen molar-refractivity contribution in [1.29, 1.82) is 0 Å². The second-order valence-electron chi connectivity index (χ2n) is 7.75. The fraction of sp³-hybridized carbons (Fsp3) is 0.409. The number of hydrogen-bond acceptors (Lipinski definition) is 4. The average Bonchev–Trinajstić information content (AvgIpc) is 2.77. The van der Waals surface area contributed by atoms with Gasteiger partial charge in [-0.1, -0.05) is 58.5 Å². The molecule has 2 aromatic carbocycles. The molecule has 0 unspecified atom stereocenters. The lowest BCUT2D eigenvalue weighted by atomic mass is 9.99. The number of nitrogens with zero attached hydrogens (tertiary/aromatic N) is 1. The number of piperidine rings is 1. The summed E-state index contributed by atoms with van der Waals surface area (Å²) in [5.74, 6) is 0.670. The Morgan fingerprint density at radius 3 is 2.48 bits per heavy atom. The monoisotopic (exact) mass is 568 g/mol. The second kappa shape index (κ2) is 12.3. The van der Waals surface area contributed by atoms with Crippen molar-refractivity contribution in [1.82, 2.24) is 9.62 Å². The summed E-state index contributed by atoms with van der Waals surface area (Å²) >= 11 is 25.9. The van der Waals surface area contributed by atoms with Gasteiger partial charge in [-0.15, -0.1) is 0 Å². The zero-order valence-corrected chi connectivity index (χ0v) is 22.4. The lowest BCUT2D eigenvalue weighted by molar-refractivity contribution is -0.125. The van der Waals surface area contributed by atoms with Gasteiger partial charge in [0.2, 0.25) is 15.9 Å². The summed E-state index contributed by atoms with van der Waals surface area (Å²) in [4.78, 5) is 12.6. The summed E-state index contributed by atoms with van der Waals surface area (Å²) in [5, 5.41) is 4.87. The van der Waals surface area contributed by atoms with Gasteiger partial charge in [-0.05, 0) is 48.2 Å². The van der Waals surface area contributed by atoms with Gasteiger partial charge in [-0.3, -0.25) is 4.79 Å². The Hall–Kier alpha value is -0.670. The van der Waals surface area contributed by atoms with Crippen LogP contribution in [-0.2, 0) is 26.3 Å². The molecule has 1 amide bonds. The number of benzene rings is 2. The van der Waals surface area contributed by atoms with Crippen LogP contribution in [0.2, 0.25) is 20.1 Å². The number of halogens is 4. The van der Waals surface area contributed by atoms with Crippen molar-refractivity contribution >= 4 is 74.1 Å². The smallest absolute Gasteiger partial charge is 0.224 e. The Bertz CT molecular complexity index is 1080. The molecule has 1 fully saturated rings. The van der Waals surface area contributed by atoms with Crippen LogP contribution in [0.5, 0.6) is 0 Å². The topological polar surface area (TPSA) is 66.5 Å². The van der Waals surface area contributed by atoms with Crippen molar-refractivity contribution in [3.63, 3.8) is 0 Å². The summed E-state index contributed by atoms with van der Waals surface area (Å²) in [6, 6.07) is 10.2. The molecule has 1 aliphatic heterocycles. The van der Waals surface area contributed by atoms with Crippen LogP contribution in [0.15, 0.2) is 36.4 Å². The van der Waals surface area contributed by atoms with Crippen molar-refractivity contribution in [3.05, 3.63) is 67.6 Å². The van der Waals surface area contributed by atoms with Crippen LogP contribution in [0.4, 0.5) is 0 Å². The molecule has 1 aliphatic rings. The van der Waals surface area contributed by atoms with Gasteiger partial charge in [0.15, 0.2) is 0 Å². The van der Waals surface area contributed by atoms with Crippen molar-refractivity contribution in [2.24, 2.45) is 5.92 Å². The molecule has 0 spiro atoms. The highest BCUT2D eigenvalue weighted by atomic mass is 35.5. The third kappa shape index (κ3) is 7.66. The molecule has 1 heterocycles. The van der Waals surface area contributed by atoms with Crippen molar-refractivity contribution in [3.8, 4) is 0 Å². The zero-order valence-electron chi connectivity index (χ0n) is 17.7. The predicted octanol–water partition coefficient (Wildman–Crippen LogP) is 5.89. The van der Waals surface area contributed by atoms with Gasteiger partial charge in [-0.2, -0.15) is 11.8 Å². The van der Waals surface area contributed by atoms with Crippen LogP contribution < -0.4 is 5.32 Å². The number of rotatable bonds is 9. The van der Waals surface area contributed by atoms with E-state index in [4.69, 9.17) is 46.4 Å². The van der Waals surface area contributed by atoms with Gasteiger partial charge in [-0.25, -0.2) is 12.7 Å². The van der Waals surface area contributed by atoms with Crippen molar-refractivity contribution in [2.45, 2.75) is 24.3 Å². The van der Waals surface area contributed by atoms with Gasteiger partial charge < -0.3 is 5.32 Å². The first-order chi connectivity index (χ1) is 15.7. The number of carbonyl (C=O) groups is 1. The van der Waals surface area contributed by atoms with Crippen LogP contribution in [0.1, 0.15) is 24.0 Å². The first-order valence-electron chi connectivity index (χ1n) is 10.4. The molecule has 11 heteroatoms. The Morgan fingerprint density at radius 2 is 1.79 bits per heavy atom. The molecule has 3 rings (SSSR count). The summed E-state index contributed by atoms with van der Waals surface area (Å²) in [6.07, 6.45) is 1.30. The van der Waals surface area contributed by atoms with E-state index < -0.39 is 10.0 Å². The van der Waals surface area contributed by atoms with E-state index in [0.717, 1.165) is 5.56 Å². The molecule has 5 nitrogen and oxygen atoms in total. The van der Waals surface area contributed by atoms with E-state index in [1.54, 1.807) is 48.2 Å². The van der Waals surface area contributed by atoms with Gasteiger partial charge in [0, 0.05) is 41.2 Å². The van der Waals surface area contributed by atoms with E-state index in [2.05, 4.69) is 5.32 Å². The van der Waals surface area contributed by atoms with E-state index in [9.17, 15) is 13.2 Å². The van der Waals surface area contributed by atoms with Crippen LogP contribution in [-0.4, -0.2) is 44.0 Å². The molecule has 1 atom stereocenters. The van der Waals surface area contributed by atoms with E-state index in [-0.39, 0.29) is 24.1 Å². The third-order valence-corrected chi connectivity index (χ3v) is 9.58. The summed E-state index contributed by atoms with van der Waals surface area (Å²) in [5.41, 5.74) is 1.44. The Balaban J connectivity index is 1.47. The number of thioether (sulfide) groups is 1. The highest BCUT2D eigenvalue weighted by Gasteiger charge is 2.32. The standard InChI is InChI=1S/C22H24Cl4N2O3S2/c23-18-4-1-5-19(24)17(18)13-32-10-8-27-22(29)16-3-2-9-28(12-16)33(30,31)14-15-6-7-20(25)21(26)11-15/h1,4-7,11,16H,2-3,8-10,12-14H2,(H,27,29)/t16-/m0/s1. The summed E-state index contributed by atoms with van der Waals surface area (Å²) < 4.78 is 27.2. The third-order valence-electron chi connectivity index (χ3n) is 5.34. The van der Waals surface area contributed by atoms with Crippen molar-refractivity contribution < 1.29 is 13.2 Å². The number of carbonyl (C=O) groups excluding carboxylic acids is 1. The van der Waals surface area contributed by atoms with Gasteiger partial charge in [0.1, 0.15) is 0 Å². The molecule has 1 saturated heterocycles. The predicted molar refractivity (Wildman–Crippen MR) is 139 cm³/mol. The second-order valence-corrected chi connectivity index (χ2v) is 12.4. The maximum absolute atomic E-state index is 12.9. The minimum atomic E-state index is -3.58. The molecular formula is C22H24Cl4N2O3S2. The SMILES string of the molecule is O=C(NCCSCc1c(Cl)cccc1Cl)[C@H]1CCCN(S(=O)(=O)Cc2ccc(Cl)c(Cl)c2)C1. The number of hydrogen-bond donors (Lipinski definition) is 1. The maximum atomic E-state index is 12.9. The van der Waals surface area contributed by atoms with Gasteiger partial charge >= 0.3 is 0 Å². The Labute approximate surface area is 219 Å². The first-order valence-corrected chi connectivity index (χ1v) is 14.6. The molecule has 0 radical (unpaired) electrons. The van der Waals surface area contributed by atoms with Crippen LogP contribution in [0, 0.1) is 5.92 Å². The molecule has 0 saturated carbocycles. The molecule has 0 aromatic heterocycles. The molecule has 33 heavy (non-hydrogen) atoms. The summed E-state index contributed by atoms with van der Waals surface area (Å²) in [6.45, 7) is 1.07. The maximum Gasteiger partial charge on any atom is 0.224 e. The van der Waals surface area contributed by atoms with E-state index in [0.29, 0.717) is 63.1 Å². The number of amides is 1. The largest absolute Gasteiger partial charge is 0.355 e. The minimum Gasteiger partial charge on any atom is -0.355 e. The number of nitrogens with one attached hydrogen (secondary N) is 1. The molecule has 1 N–H and O–H groups in total. The normalized spacial score (nSPS) is 17.2. The molecule has 2 aromatic rings. The Kier molecular flexibility index (Phi) is 10.1. The van der Waals surface area contributed by atoms with Crippen LogP contribution in [0.3, 0.4) is 0 Å². The van der Waals surface area contributed by atoms with Crippen LogP contribution >= 0.6 is 58.2 Å². The number of sulfonamides is 1. The zero-order chi connectivity index (χ0) is 24.0. The van der Waals surface area contributed by atoms with E-state index in [1.165, 1.54) is 4.31 Å². The first kappa shape index (κ1) is 26.9. The lowest BCUT2D eigenvalue weighted by Gasteiger charge is -2.31. The van der Waals surface area contributed by atoms with Gasteiger partial charge in [0.05, 0.1) is 21.7 Å². The average molecular weight is 570 g/mol. The lowest BCUT2D eigenvalue weighted by Crippen LogP contribution is -2.46. The van der Waals surface area contributed by atoms with Crippen LogP contribution in [0.25, 0.3) is 0 Å². The highest BCUT2D eigenvalue weighted by molar-refractivity contribution is 7.98. The van der Waals surface area contributed by atoms with E-state index >= 15 is 0 Å². The quantitative estimate of drug-likeness (QED) is 0.382. The fourth-order valence-corrected chi connectivity index (χ4v) is 7.09.